The Hall–Kier alpha value is -6.01. The molecular formula is C77H116O6. The second kappa shape index (κ2) is 68.5. The van der Waals surface area contributed by atoms with Gasteiger partial charge >= 0.3 is 17.9 Å². The van der Waals surface area contributed by atoms with Gasteiger partial charge in [-0.25, -0.2) is 0 Å². The van der Waals surface area contributed by atoms with E-state index in [2.05, 4.69) is 215 Å². The van der Waals surface area contributed by atoms with Gasteiger partial charge in [-0.15, -0.1) is 0 Å². The van der Waals surface area contributed by atoms with Crippen molar-refractivity contribution in [1.29, 1.82) is 0 Å². The standard InChI is InChI=1S/C77H116O6/c1-4-7-10-13-16-19-22-25-28-30-32-34-36-37-38-39-41-42-44-46-49-52-55-58-61-64-67-70-76(79)82-73-74(72-81-75(78)69-66-63-60-57-54-51-48-27-24-21-18-15-12-9-6-3)83-77(80)71-68-65-62-59-56-53-50-47-45-43-40-35-33-31-29-26-23-20-17-14-11-8-5-2/h7-12,16-21,25-29,32-35,37-38,41-42,46,48-49,54-55,57-58,63,66,74H,4-6,13-15,22-24,30-31,36,39-40,43-45,47,50-53,56,59-62,64-65,67-73H2,1-3H3/b10-7-,11-8-,12-9-,19-16-,20-17-,21-18-,28-25-,29-26-,34-32-,35-33-,38-37-,42-41-,48-27-,49-46-,57-54-,58-55-,66-63-. The first-order valence-electron chi connectivity index (χ1n) is 32.6. The summed E-state index contributed by atoms with van der Waals surface area (Å²) in [4.78, 5) is 38.3. The molecule has 6 nitrogen and oxygen atoms in total. The smallest absolute Gasteiger partial charge is 0.309 e. The minimum absolute atomic E-state index is 0.107. The molecule has 0 saturated carbocycles. The molecule has 0 amide bonds. The number of carbonyl (C=O) groups is 3. The molecule has 0 aliphatic rings. The van der Waals surface area contributed by atoms with Gasteiger partial charge in [0.2, 0.25) is 0 Å². The fraction of sp³-hybridized carbons (Fsp3) is 0.519. The molecule has 6 heteroatoms. The molecule has 460 valence electrons. The molecule has 0 aromatic heterocycles. The first-order chi connectivity index (χ1) is 41.0. The van der Waals surface area contributed by atoms with Crippen molar-refractivity contribution < 1.29 is 28.6 Å². The van der Waals surface area contributed by atoms with Gasteiger partial charge < -0.3 is 14.2 Å². The van der Waals surface area contributed by atoms with Gasteiger partial charge in [0.05, 0.1) is 6.42 Å². The lowest BCUT2D eigenvalue weighted by Gasteiger charge is -2.18. The Morgan fingerprint density at radius 2 is 0.482 bits per heavy atom. The van der Waals surface area contributed by atoms with Crippen LogP contribution in [0.4, 0.5) is 0 Å². The van der Waals surface area contributed by atoms with Crippen molar-refractivity contribution in [2.45, 2.75) is 245 Å². The van der Waals surface area contributed by atoms with Crippen molar-refractivity contribution in [2.75, 3.05) is 13.2 Å². The number of hydrogen-bond donors (Lipinski definition) is 0. The van der Waals surface area contributed by atoms with E-state index in [4.69, 9.17) is 14.2 Å². The summed E-state index contributed by atoms with van der Waals surface area (Å²) < 4.78 is 16.8. The molecule has 0 radical (unpaired) electrons. The summed E-state index contributed by atoms with van der Waals surface area (Å²) in [6.07, 6.45) is 106. The Kier molecular flexibility index (Phi) is 63.5. The van der Waals surface area contributed by atoms with Gasteiger partial charge in [-0.1, -0.05) is 279 Å². The van der Waals surface area contributed by atoms with Crippen LogP contribution in [0.25, 0.3) is 0 Å². The summed E-state index contributed by atoms with van der Waals surface area (Å²) in [7, 11) is 0. The minimum Gasteiger partial charge on any atom is -0.462 e. The first-order valence-corrected chi connectivity index (χ1v) is 32.6. The Labute approximate surface area is 509 Å². The summed E-state index contributed by atoms with van der Waals surface area (Å²) in [6.45, 7) is 6.16. The molecule has 0 spiro atoms. The number of unbranched alkanes of at least 4 members (excludes halogenated alkanes) is 12. The largest absolute Gasteiger partial charge is 0.462 e. The highest BCUT2D eigenvalue weighted by molar-refractivity contribution is 5.72. The quantitative estimate of drug-likeness (QED) is 0.0261. The highest BCUT2D eigenvalue weighted by Crippen LogP contribution is 2.14. The first kappa shape index (κ1) is 77.0. The summed E-state index contributed by atoms with van der Waals surface area (Å²) in [5.41, 5.74) is 0. The van der Waals surface area contributed by atoms with Crippen molar-refractivity contribution >= 4 is 17.9 Å². The summed E-state index contributed by atoms with van der Waals surface area (Å²) in [6, 6.07) is 0. The number of esters is 3. The maximum atomic E-state index is 12.9. The predicted molar refractivity (Wildman–Crippen MR) is 361 cm³/mol. The van der Waals surface area contributed by atoms with Crippen LogP contribution in [0.15, 0.2) is 207 Å². The van der Waals surface area contributed by atoms with Gasteiger partial charge in [0.1, 0.15) is 13.2 Å². The topological polar surface area (TPSA) is 78.9 Å². The van der Waals surface area contributed by atoms with Crippen LogP contribution in [0.1, 0.15) is 239 Å². The van der Waals surface area contributed by atoms with Crippen LogP contribution < -0.4 is 0 Å². The van der Waals surface area contributed by atoms with Crippen molar-refractivity contribution in [3.63, 3.8) is 0 Å². The second-order valence-electron chi connectivity index (χ2n) is 20.5. The molecule has 0 aliphatic carbocycles. The number of ether oxygens (including phenoxy) is 3. The highest BCUT2D eigenvalue weighted by atomic mass is 16.6. The zero-order chi connectivity index (χ0) is 59.9. The van der Waals surface area contributed by atoms with E-state index in [1.54, 1.807) is 6.08 Å². The molecule has 0 heterocycles. The average molecular weight is 1140 g/mol. The Morgan fingerprint density at radius 1 is 0.253 bits per heavy atom. The number of allylic oxidation sites excluding steroid dienone is 33. The van der Waals surface area contributed by atoms with Crippen molar-refractivity contribution in [1.82, 2.24) is 0 Å². The fourth-order valence-corrected chi connectivity index (χ4v) is 8.05. The minimum atomic E-state index is -0.854. The Bertz CT molecular complexity index is 2030. The van der Waals surface area contributed by atoms with Crippen molar-refractivity contribution in [3.8, 4) is 0 Å². The van der Waals surface area contributed by atoms with Crippen LogP contribution in [0.5, 0.6) is 0 Å². The lowest BCUT2D eigenvalue weighted by molar-refractivity contribution is -0.166. The van der Waals surface area contributed by atoms with Crippen LogP contribution >= 0.6 is 0 Å². The van der Waals surface area contributed by atoms with Crippen LogP contribution in [-0.4, -0.2) is 37.2 Å². The van der Waals surface area contributed by atoms with Crippen LogP contribution in [0, 0.1) is 0 Å². The van der Waals surface area contributed by atoms with Crippen LogP contribution in [-0.2, 0) is 28.6 Å². The van der Waals surface area contributed by atoms with E-state index in [-0.39, 0.29) is 44.4 Å². The molecular weight excluding hydrogens is 1020 g/mol. The van der Waals surface area contributed by atoms with Crippen molar-refractivity contribution in [3.05, 3.63) is 207 Å². The normalized spacial score (nSPS) is 13.5. The van der Waals surface area contributed by atoms with E-state index >= 15 is 0 Å². The van der Waals surface area contributed by atoms with Gasteiger partial charge in [0, 0.05) is 12.8 Å². The van der Waals surface area contributed by atoms with Crippen LogP contribution in [0.2, 0.25) is 0 Å². The lowest BCUT2D eigenvalue weighted by Crippen LogP contribution is -2.30. The van der Waals surface area contributed by atoms with Gasteiger partial charge in [-0.3, -0.25) is 14.4 Å². The average Bonchev–Trinajstić information content (AvgIpc) is 3.49. The fourth-order valence-electron chi connectivity index (χ4n) is 8.05. The maximum absolute atomic E-state index is 12.9. The third-order valence-corrected chi connectivity index (χ3v) is 12.8. The molecule has 0 bridgehead atoms. The molecule has 0 rings (SSSR count). The van der Waals surface area contributed by atoms with E-state index < -0.39 is 12.1 Å². The monoisotopic (exact) mass is 1140 g/mol. The zero-order valence-electron chi connectivity index (χ0n) is 52.6. The van der Waals surface area contributed by atoms with Gasteiger partial charge in [0.25, 0.3) is 0 Å². The maximum Gasteiger partial charge on any atom is 0.309 e. The predicted octanol–water partition coefficient (Wildman–Crippen LogP) is 22.8. The molecule has 0 saturated heterocycles. The summed E-state index contributed by atoms with van der Waals surface area (Å²) in [5, 5.41) is 0. The molecule has 0 aliphatic heterocycles. The molecule has 0 aromatic rings. The zero-order valence-corrected chi connectivity index (χ0v) is 52.6. The SMILES string of the molecule is CC/C=C\C/C=C\C/C=C\C/C=C\C/C=C\C/C=C\C/C=C\C/C=C\CCCCC(=O)OCC(COC(=O)C/C=C\C/C=C\C/C=C\C/C=C\C/C=C\CC)OC(=O)CCCCCCCCCCCC/C=C\C/C=C\C/C=C\C/C=C\CC. The lowest BCUT2D eigenvalue weighted by atomic mass is 10.0. The van der Waals surface area contributed by atoms with E-state index in [0.717, 1.165) is 148 Å². The number of rotatable bonds is 56. The van der Waals surface area contributed by atoms with Gasteiger partial charge in [0.15, 0.2) is 6.10 Å². The Morgan fingerprint density at radius 3 is 0.807 bits per heavy atom. The Balaban J connectivity index is 4.56. The molecule has 0 N–H and O–H groups in total. The molecule has 0 aromatic carbocycles. The third kappa shape index (κ3) is 66.7. The third-order valence-electron chi connectivity index (χ3n) is 12.8. The molecule has 1 atom stereocenters. The molecule has 1 unspecified atom stereocenters. The van der Waals surface area contributed by atoms with Crippen LogP contribution in [0.3, 0.4) is 0 Å². The number of hydrogen-bond acceptors (Lipinski definition) is 6. The van der Waals surface area contributed by atoms with E-state index in [9.17, 15) is 14.4 Å². The summed E-state index contributed by atoms with van der Waals surface area (Å²) in [5.74, 6) is -1.13. The second-order valence-corrected chi connectivity index (χ2v) is 20.5. The molecule has 0 fully saturated rings. The van der Waals surface area contributed by atoms with E-state index in [0.29, 0.717) is 6.42 Å². The molecule has 83 heavy (non-hydrogen) atoms. The van der Waals surface area contributed by atoms with E-state index in [1.807, 2.05) is 6.08 Å². The van der Waals surface area contributed by atoms with Gasteiger partial charge in [-0.05, 0) is 148 Å². The number of carbonyl (C=O) groups excluding carboxylic acids is 3. The van der Waals surface area contributed by atoms with E-state index in [1.165, 1.54) is 44.9 Å². The highest BCUT2D eigenvalue weighted by Gasteiger charge is 2.19. The summed E-state index contributed by atoms with van der Waals surface area (Å²) >= 11 is 0. The van der Waals surface area contributed by atoms with Crippen molar-refractivity contribution in [2.24, 2.45) is 0 Å². The van der Waals surface area contributed by atoms with Gasteiger partial charge in [-0.2, -0.15) is 0 Å².